The van der Waals surface area contributed by atoms with Gasteiger partial charge >= 0.3 is 0 Å². The Balaban J connectivity index is 2.71. The summed E-state index contributed by atoms with van der Waals surface area (Å²) in [7, 11) is 3.28. The largest absolute Gasteiger partial charge is 0.352 e. The van der Waals surface area contributed by atoms with Crippen molar-refractivity contribution in [3.63, 3.8) is 0 Å². The van der Waals surface area contributed by atoms with E-state index in [4.69, 9.17) is 9.47 Å². The van der Waals surface area contributed by atoms with E-state index < -0.39 is 0 Å². The summed E-state index contributed by atoms with van der Waals surface area (Å²) >= 11 is 3.41. The standard InChI is InChI=1S/C11H15BrO2/c1-13-11(14-2)10-5-3-9(4-6-10)7-8-12/h3-6,11H,7-8H2,1-2H3. The molecule has 0 aromatic heterocycles. The minimum Gasteiger partial charge on any atom is -0.352 e. The number of hydrogen-bond acceptors (Lipinski definition) is 2. The van der Waals surface area contributed by atoms with Gasteiger partial charge in [-0.3, -0.25) is 0 Å². The molecule has 2 nitrogen and oxygen atoms in total. The van der Waals surface area contributed by atoms with Crippen molar-refractivity contribution in [2.45, 2.75) is 12.7 Å². The Kier molecular flexibility index (Phi) is 5.15. The SMILES string of the molecule is COC(OC)c1ccc(CCBr)cc1. The van der Waals surface area contributed by atoms with Crippen molar-refractivity contribution in [3.05, 3.63) is 35.4 Å². The van der Waals surface area contributed by atoms with E-state index >= 15 is 0 Å². The molecule has 1 rings (SSSR count). The third kappa shape index (κ3) is 3.08. The number of benzene rings is 1. The van der Waals surface area contributed by atoms with E-state index in [9.17, 15) is 0 Å². The average molecular weight is 259 g/mol. The summed E-state index contributed by atoms with van der Waals surface area (Å²) in [6.45, 7) is 0. The molecule has 0 aliphatic carbocycles. The molecule has 0 heterocycles. The van der Waals surface area contributed by atoms with Crippen LogP contribution in [0.3, 0.4) is 0 Å². The van der Waals surface area contributed by atoms with Gasteiger partial charge < -0.3 is 9.47 Å². The molecule has 0 saturated heterocycles. The number of halogens is 1. The Bertz CT molecular complexity index is 254. The van der Waals surface area contributed by atoms with Crippen molar-refractivity contribution >= 4 is 15.9 Å². The van der Waals surface area contributed by atoms with Crippen molar-refractivity contribution in [3.8, 4) is 0 Å². The highest BCUT2D eigenvalue weighted by molar-refractivity contribution is 9.09. The maximum absolute atomic E-state index is 5.15. The second-order valence-corrected chi connectivity index (χ2v) is 3.78. The van der Waals surface area contributed by atoms with E-state index in [0.29, 0.717) is 0 Å². The Morgan fingerprint density at radius 1 is 1.14 bits per heavy atom. The number of rotatable bonds is 5. The molecule has 0 atom stereocenters. The summed E-state index contributed by atoms with van der Waals surface area (Å²) in [4.78, 5) is 0. The van der Waals surface area contributed by atoms with Gasteiger partial charge in [-0.25, -0.2) is 0 Å². The van der Waals surface area contributed by atoms with Gasteiger partial charge in [-0.2, -0.15) is 0 Å². The molecule has 0 N–H and O–H groups in total. The first-order valence-corrected chi connectivity index (χ1v) is 5.64. The molecule has 3 heteroatoms. The van der Waals surface area contributed by atoms with Gasteiger partial charge in [0.15, 0.2) is 6.29 Å². The first-order chi connectivity index (χ1) is 6.81. The van der Waals surface area contributed by atoms with Crippen LogP contribution in [0.5, 0.6) is 0 Å². The van der Waals surface area contributed by atoms with Crippen LogP contribution in [-0.2, 0) is 15.9 Å². The summed E-state index contributed by atoms with van der Waals surface area (Å²) in [6.07, 6.45) is 0.790. The Morgan fingerprint density at radius 3 is 2.14 bits per heavy atom. The van der Waals surface area contributed by atoms with Gasteiger partial charge in [-0.1, -0.05) is 40.2 Å². The number of methoxy groups -OCH3 is 2. The number of alkyl halides is 1. The van der Waals surface area contributed by atoms with Crippen molar-refractivity contribution in [1.82, 2.24) is 0 Å². The maximum Gasteiger partial charge on any atom is 0.183 e. The highest BCUT2D eigenvalue weighted by Crippen LogP contribution is 2.17. The molecule has 0 saturated carbocycles. The van der Waals surface area contributed by atoms with Gasteiger partial charge in [0.25, 0.3) is 0 Å². The molecule has 0 bridgehead atoms. The molecular formula is C11H15BrO2. The summed E-state index contributed by atoms with van der Waals surface area (Å²) in [5, 5.41) is 0.990. The zero-order valence-corrected chi connectivity index (χ0v) is 10.1. The summed E-state index contributed by atoms with van der Waals surface area (Å²) < 4.78 is 10.3. The van der Waals surface area contributed by atoms with Crippen LogP contribution < -0.4 is 0 Å². The maximum atomic E-state index is 5.15. The third-order valence-corrected chi connectivity index (χ3v) is 2.46. The Hall–Kier alpha value is -0.380. The number of ether oxygens (including phenoxy) is 2. The fraction of sp³-hybridized carbons (Fsp3) is 0.455. The van der Waals surface area contributed by atoms with E-state index in [2.05, 4.69) is 28.1 Å². The molecule has 0 radical (unpaired) electrons. The van der Waals surface area contributed by atoms with Crippen LogP contribution in [0.25, 0.3) is 0 Å². The van der Waals surface area contributed by atoms with Crippen LogP contribution in [0.2, 0.25) is 0 Å². The van der Waals surface area contributed by atoms with Gasteiger partial charge in [0, 0.05) is 25.1 Å². The summed E-state index contributed by atoms with van der Waals surface area (Å²) in [5.41, 5.74) is 2.37. The lowest BCUT2D eigenvalue weighted by Crippen LogP contribution is -2.03. The van der Waals surface area contributed by atoms with E-state index in [1.165, 1.54) is 5.56 Å². The van der Waals surface area contributed by atoms with Gasteiger partial charge in [-0.05, 0) is 12.0 Å². The molecule has 1 aromatic carbocycles. The second-order valence-electron chi connectivity index (χ2n) is 2.98. The van der Waals surface area contributed by atoms with E-state index in [-0.39, 0.29) is 6.29 Å². The molecule has 0 aliphatic heterocycles. The fourth-order valence-corrected chi connectivity index (χ4v) is 1.78. The van der Waals surface area contributed by atoms with Crippen LogP contribution in [0.15, 0.2) is 24.3 Å². The molecule has 14 heavy (non-hydrogen) atoms. The lowest BCUT2D eigenvalue weighted by atomic mass is 10.1. The van der Waals surface area contributed by atoms with Crippen LogP contribution >= 0.6 is 15.9 Å². The topological polar surface area (TPSA) is 18.5 Å². The lowest BCUT2D eigenvalue weighted by Gasteiger charge is -2.13. The van der Waals surface area contributed by atoms with Crippen molar-refractivity contribution in [2.75, 3.05) is 19.5 Å². The van der Waals surface area contributed by atoms with Crippen molar-refractivity contribution in [1.29, 1.82) is 0 Å². The molecule has 1 aromatic rings. The molecule has 0 fully saturated rings. The van der Waals surface area contributed by atoms with Crippen molar-refractivity contribution in [2.24, 2.45) is 0 Å². The number of hydrogen-bond donors (Lipinski definition) is 0. The normalized spacial score (nSPS) is 10.9. The first kappa shape index (κ1) is 11.7. The monoisotopic (exact) mass is 258 g/mol. The molecule has 0 amide bonds. The lowest BCUT2D eigenvalue weighted by molar-refractivity contribution is -0.106. The summed E-state index contributed by atoms with van der Waals surface area (Å²) in [5.74, 6) is 0. The molecule has 0 spiro atoms. The van der Waals surface area contributed by atoms with Gasteiger partial charge in [0.2, 0.25) is 0 Å². The zero-order chi connectivity index (χ0) is 10.4. The Morgan fingerprint density at radius 2 is 1.71 bits per heavy atom. The van der Waals surface area contributed by atoms with E-state index in [0.717, 1.165) is 17.3 Å². The Labute approximate surface area is 93.4 Å². The average Bonchev–Trinajstić information content (AvgIpc) is 2.23. The highest BCUT2D eigenvalue weighted by Gasteiger charge is 2.07. The predicted octanol–water partition coefficient (Wildman–Crippen LogP) is 2.92. The van der Waals surface area contributed by atoms with E-state index in [1.807, 2.05) is 12.1 Å². The molecular weight excluding hydrogens is 244 g/mol. The van der Waals surface area contributed by atoms with Crippen LogP contribution in [0.4, 0.5) is 0 Å². The second kappa shape index (κ2) is 6.17. The van der Waals surface area contributed by atoms with Crippen LogP contribution in [-0.4, -0.2) is 19.5 Å². The molecule has 0 unspecified atom stereocenters. The van der Waals surface area contributed by atoms with Crippen LogP contribution in [0, 0.1) is 0 Å². The number of aryl methyl sites for hydroxylation is 1. The van der Waals surface area contributed by atoms with Crippen molar-refractivity contribution < 1.29 is 9.47 Å². The quantitative estimate of drug-likeness (QED) is 0.598. The zero-order valence-electron chi connectivity index (χ0n) is 8.50. The van der Waals surface area contributed by atoms with E-state index in [1.54, 1.807) is 14.2 Å². The first-order valence-electron chi connectivity index (χ1n) is 4.52. The molecule has 0 aliphatic rings. The third-order valence-electron chi connectivity index (χ3n) is 2.06. The summed E-state index contributed by atoms with van der Waals surface area (Å²) in [6, 6.07) is 8.27. The van der Waals surface area contributed by atoms with Gasteiger partial charge in [-0.15, -0.1) is 0 Å². The highest BCUT2D eigenvalue weighted by atomic mass is 79.9. The predicted molar refractivity (Wildman–Crippen MR) is 60.7 cm³/mol. The molecule has 78 valence electrons. The van der Waals surface area contributed by atoms with Gasteiger partial charge in [0.1, 0.15) is 0 Å². The smallest absolute Gasteiger partial charge is 0.183 e. The fourth-order valence-electron chi connectivity index (χ4n) is 1.32. The minimum atomic E-state index is -0.256. The van der Waals surface area contributed by atoms with Gasteiger partial charge in [0.05, 0.1) is 0 Å². The van der Waals surface area contributed by atoms with Crippen LogP contribution in [0.1, 0.15) is 17.4 Å². The minimum absolute atomic E-state index is 0.256.